The van der Waals surface area contributed by atoms with Crippen LogP contribution in [0.1, 0.15) is 59.3 Å². The summed E-state index contributed by atoms with van der Waals surface area (Å²) in [5, 5.41) is 0. The van der Waals surface area contributed by atoms with Crippen molar-refractivity contribution in [2.24, 2.45) is 0 Å². The van der Waals surface area contributed by atoms with Crippen LogP contribution in [0.4, 0.5) is 0 Å². The molecule has 110 valence electrons. The number of unbranched alkanes of at least 4 members (excludes halogenated alkanes) is 3. The SMILES string of the molecule is CCC[CH2][Sn]([CH2]CCC)([CH2]CCC)[c]1scnc1Br. The van der Waals surface area contributed by atoms with Crippen LogP contribution in [0.2, 0.25) is 13.3 Å². The predicted octanol–water partition coefficient (Wildman–Crippen LogP) is 5.96. The van der Waals surface area contributed by atoms with Crippen LogP contribution in [-0.4, -0.2) is 23.4 Å². The normalized spacial score (nSPS) is 12.0. The molecule has 0 radical (unpaired) electrons. The Labute approximate surface area is 135 Å². The predicted molar refractivity (Wildman–Crippen MR) is 94.3 cm³/mol. The molecule has 1 heterocycles. The zero-order valence-electron chi connectivity index (χ0n) is 12.7. The van der Waals surface area contributed by atoms with Crippen LogP contribution >= 0.6 is 27.3 Å². The number of nitrogens with zero attached hydrogens (tertiary/aromatic N) is 1. The molecule has 1 aromatic heterocycles. The molecular formula is C15H28BrNSSn. The molecule has 0 unspecified atom stereocenters. The van der Waals surface area contributed by atoms with Gasteiger partial charge in [-0.15, -0.1) is 0 Å². The van der Waals surface area contributed by atoms with Crippen molar-refractivity contribution in [1.82, 2.24) is 4.98 Å². The quantitative estimate of drug-likeness (QED) is 0.399. The fourth-order valence-corrected chi connectivity index (χ4v) is 25.8. The number of halogens is 1. The van der Waals surface area contributed by atoms with Crippen molar-refractivity contribution in [3.05, 3.63) is 10.1 Å². The van der Waals surface area contributed by atoms with E-state index in [2.05, 4.69) is 47.2 Å². The van der Waals surface area contributed by atoms with Crippen molar-refractivity contribution in [3.63, 3.8) is 0 Å². The third-order valence-electron chi connectivity index (χ3n) is 4.03. The second-order valence-electron chi connectivity index (χ2n) is 5.56. The Morgan fingerprint density at radius 3 is 1.79 bits per heavy atom. The van der Waals surface area contributed by atoms with E-state index in [-0.39, 0.29) is 0 Å². The number of aromatic nitrogens is 1. The molecule has 0 spiro atoms. The van der Waals surface area contributed by atoms with Gasteiger partial charge in [-0.1, -0.05) is 0 Å². The number of hydrogen-bond acceptors (Lipinski definition) is 2. The van der Waals surface area contributed by atoms with E-state index in [0.29, 0.717) is 0 Å². The fourth-order valence-electron chi connectivity index (χ4n) is 2.84. The van der Waals surface area contributed by atoms with Gasteiger partial charge in [0.05, 0.1) is 0 Å². The average molecular weight is 453 g/mol. The summed E-state index contributed by atoms with van der Waals surface area (Å²) in [7, 11) is 0. The Morgan fingerprint density at radius 2 is 1.47 bits per heavy atom. The van der Waals surface area contributed by atoms with Crippen LogP contribution in [0.15, 0.2) is 10.1 Å². The molecule has 1 aromatic rings. The standard InChI is InChI=1S/3C4H9.C3HBrNS.Sn/c3*1-3-4-2;4-3-1-6-2-5-3;/h3*1,3-4H2,2H3;2H;. The number of rotatable bonds is 10. The Morgan fingerprint density at radius 1 is 1.00 bits per heavy atom. The van der Waals surface area contributed by atoms with E-state index < -0.39 is 18.4 Å². The van der Waals surface area contributed by atoms with E-state index in [0.717, 1.165) is 0 Å². The molecule has 0 saturated carbocycles. The minimum atomic E-state index is -2.19. The molecule has 0 saturated heterocycles. The maximum absolute atomic E-state index is 4.49. The minimum absolute atomic E-state index is 1.19. The molecule has 0 N–H and O–H groups in total. The first-order valence-electron chi connectivity index (χ1n) is 7.79. The zero-order chi connectivity index (χ0) is 14.1. The van der Waals surface area contributed by atoms with Gasteiger partial charge in [0.25, 0.3) is 0 Å². The molecule has 0 aliphatic heterocycles. The van der Waals surface area contributed by atoms with Crippen molar-refractivity contribution in [3.8, 4) is 0 Å². The van der Waals surface area contributed by atoms with E-state index in [4.69, 9.17) is 0 Å². The molecule has 0 amide bonds. The second kappa shape index (κ2) is 9.77. The summed E-state index contributed by atoms with van der Waals surface area (Å²) in [4.78, 5) is 4.49. The molecule has 0 atom stereocenters. The van der Waals surface area contributed by atoms with Crippen LogP contribution in [0.5, 0.6) is 0 Å². The van der Waals surface area contributed by atoms with E-state index in [1.807, 2.05) is 11.3 Å². The monoisotopic (exact) mass is 453 g/mol. The van der Waals surface area contributed by atoms with E-state index >= 15 is 0 Å². The van der Waals surface area contributed by atoms with Crippen molar-refractivity contribution in [2.75, 3.05) is 0 Å². The van der Waals surface area contributed by atoms with Gasteiger partial charge >= 0.3 is 136 Å². The zero-order valence-corrected chi connectivity index (χ0v) is 17.9. The number of thiazole rings is 1. The molecule has 0 bridgehead atoms. The topological polar surface area (TPSA) is 12.9 Å². The van der Waals surface area contributed by atoms with Gasteiger partial charge in [0.15, 0.2) is 0 Å². The van der Waals surface area contributed by atoms with E-state index in [1.165, 1.54) is 56.4 Å². The Kier molecular flexibility index (Phi) is 9.24. The van der Waals surface area contributed by atoms with E-state index in [1.54, 1.807) is 2.89 Å². The summed E-state index contributed by atoms with van der Waals surface area (Å²) >= 11 is 3.49. The van der Waals surface area contributed by atoms with Gasteiger partial charge in [0.1, 0.15) is 0 Å². The molecule has 0 aromatic carbocycles. The summed E-state index contributed by atoms with van der Waals surface area (Å²) in [6.07, 6.45) is 8.30. The van der Waals surface area contributed by atoms with Crippen LogP contribution in [0, 0.1) is 0 Å². The average Bonchev–Trinajstić information content (AvgIpc) is 2.85. The Hall–Kier alpha value is 0.909. The van der Waals surface area contributed by atoms with Crippen molar-refractivity contribution in [1.29, 1.82) is 0 Å². The van der Waals surface area contributed by atoms with Gasteiger partial charge in [0, 0.05) is 0 Å². The summed E-state index contributed by atoms with van der Waals surface area (Å²) in [6, 6.07) is 0. The van der Waals surface area contributed by atoms with Gasteiger partial charge in [-0.2, -0.15) is 0 Å². The molecule has 19 heavy (non-hydrogen) atoms. The molecule has 4 heteroatoms. The van der Waals surface area contributed by atoms with Crippen molar-refractivity contribution >= 4 is 48.5 Å². The van der Waals surface area contributed by atoms with Crippen LogP contribution in [0.25, 0.3) is 0 Å². The first-order chi connectivity index (χ1) is 9.20. The summed E-state index contributed by atoms with van der Waals surface area (Å²) in [6.45, 7) is 6.99. The van der Waals surface area contributed by atoms with Crippen LogP contribution < -0.4 is 2.89 Å². The van der Waals surface area contributed by atoms with Gasteiger partial charge in [0.2, 0.25) is 0 Å². The fraction of sp³-hybridized carbons (Fsp3) is 0.800. The first-order valence-corrected chi connectivity index (χ1v) is 16.9. The van der Waals surface area contributed by atoms with Gasteiger partial charge in [-0.25, -0.2) is 0 Å². The molecule has 0 aliphatic rings. The third-order valence-corrected chi connectivity index (χ3v) is 25.1. The molecular weight excluding hydrogens is 425 g/mol. The molecule has 0 aliphatic carbocycles. The summed E-state index contributed by atoms with van der Waals surface area (Å²) in [5.74, 6) is 0. The Balaban J connectivity index is 2.97. The van der Waals surface area contributed by atoms with Gasteiger partial charge < -0.3 is 0 Å². The molecule has 1 nitrogen and oxygen atoms in total. The van der Waals surface area contributed by atoms with Crippen LogP contribution in [-0.2, 0) is 0 Å². The first kappa shape index (κ1) is 18.0. The second-order valence-corrected chi connectivity index (χ2v) is 21.2. The van der Waals surface area contributed by atoms with Gasteiger partial charge in [-0.3, -0.25) is 0 Å². The molecule has 0 fully saturated rings. The Bertz CT molecular complexity index is 332. The van der Waals surface area contributed by atoms with Crippen molar-refractivity contribution in [2.45, 2.75) is 72.6 Å². The van der Waals surface area contributed by atoms with Gasteiger partial charge in [-0.05, 0) is 0 Å². The van der Waals surface area contributed by atoms with Crippen LogP contribution in [0.3, 0.4) is 0 Å². The van der Waals surface area contributed by atoms with E-state index in [9.17, 15) is 0 Å². The molecule has 1 rings (SSSR count). The third kappa shape index (κ3) is 5.31. The number of hydrogen-bond donors (Lipinski definition) is 0. The summed E-state index contributed by atoms with van der Waals surface area (Å²) < 4.78 is 7.51. The maximum atomic E-state index is 4.49. The summed E-state index contributed by atoms with van der Waals surface area (Å²) in [5.41, 5.74) is 2.05. The van der Waals surface area contributed by atoms with Crippen molar-refractivity contribution < 1.29 is 0 Å².